The normalized spacial score (nSPS) is 15.1. The minimum atomic E-state index is -4.54. The lowest BCUT2D eigenvalue weighted by Crippen LogP contribution is -2.46. The van der Waals surface area contributed by atoms with Crippen LogP contribution in [0.5, 0.6) is 0 Å². The molecule has 2 N–H and O–H groups in total. The van der Waals surface area contributed by atoms with E-state index in [0.29, 0.717) is 23.9 Å². The molecule has 0 rings (SSSR count). The highest BCUT2D eigenvalue weighted by molar-refractivity contribution is 7.45. The third kappa shape index (κ3) is 31.4. The van der Waals surface area contributed by atoms with Gasteiger partial charge in [0.1, 0.15) is 13.2 Å². The average Bonchev–Trinajstić information content (AvgIpc) is 2.97. The number of aliphatic hydroxyl groups is 1. The highest BCUT2D eigenvalue weighted by Gasteiger charge is 2.24. The minimum Gasteiger partial charge on any atom is -0.756 e. The number of carbonyl (C=O) groups is 1. The summed E-state index contributed by atoms with van der Waals surface area (Å²) in [7, 11) is 1.29. The third-order valence-corrected chi connectivity index (χ3v) is 8.91. The van der Waals surface area contributed by atoms with E-state index in [1.165, 1.54) is 57.8 Å². The van der Waals surface area contributed by atoms with Gasteiger partial charge < -0.3 is 28.8 Å². The van der Waals surface area contributed by atoms with Crippen molar-refractivity contribution in [2.45, 2.75) is 161 Å². The molecule has 0 saturated carbocycles. The fourth-order valence-electron chi connectivity index (χ4n) is 4.95. The van der Waals surface area contributed by atoms with Gasteiger partial charge in [0.05, 0.1) is 39.9 Å². The Labute approximate surface area is 277 Å². The number of carbonyl (C=O) groups excluding carboxylic acids is 1. The number of aliphatic hydroxyl groups excluding tert-OH is 1. The van der Waals surface area contributed by atoms with E-state index >= 15 is 0 Å². The number of nitrogens with zero attached hydrogens (tertiary/aromatic N) is 1. The number of phosphoric ester groups is 1. The van der Waals surface area contributed by atoms with Crippen molar-refractivity contribution in [2.24, 2.45) is 0 Å². The van der Waals surface area contributed by atoms with E-state index in [1.807, 2.05) is 21.1 Å². The van der Waals surface area contributed by atoms with Crippen molar-refractivity contribution in [1.29, 1.82) is 0 Å². The Balaban J connectivity index is 4.26. The van der Waals surface area contributed by atoms with Gasteiger partial charge in [-0.25, -0.2) is 0 Å². The molecule has 0 aromatic rings. The lowest BCUT2D eigenvalue weighted by Gasteiger charge is -2.30. The Bertz CT molecular complexity index is 799. The minimum absolute atomic E-state index is 0.00943. The molecule has 0 aliphatic carbocycles. The van der Waals surface area contributed by atoms with Gasteiger partial charge in [-0.1, -0.05) is 122 Å². The summed E-state index contributed by atoms with van der Waals surface area (Å²) >= 11 is 0. The van der Waals surface area contributed by atoms with Gasteiger partial charge in [-0.15, -0.1) is 0 Å². The number of hydrogen-bond acceptors (Lipinski definition) is 6. The molecular weight excluding hydrogens is 587 g/mol. The molecule has 0 fully saturated rings. The molecule has 8 nitrogen and oxygen atoms in total. The molecule has 0 spiro atoms. The zero-order valence-corrected chi connectivity index (χ0v) is 30.7. The van der Waals surface area contributed by atoms with Gasteiger partial charge in [-0.2, -0.15) is 0 Å². The molecule has 3 unspecified atom stereocenters. The number of phosphoric acid groups is 1. The van der Waals surface area contributed by atoms with E-state index < -0.39 is 20.0 Å². The van der Waals surface area contributed by atoms with Crippen LogP contribution >= 0.6 is 7.82 Å². The number of unbranched alkanes of at least 4 members (excludes halogenated alkanes) is 15. The Morgan fingerprint density at radius 2 is 1.29 bits per heavy atom. The number of nitrogens with one attached hydrogen (secondary N) is 1. The van der Waals surface area contributed by atoms with E-state index in [1.54, 1.807) is 0 Å². The van der Waals surface area contributed by atoms with Crippen LogP contribution in [-0.4, -0.2) is 68.5 Å². The summed E-state index contributed by atoms with van der Waals surface area (Å²) in [5.74, 6) is -0.182. The second kappa shape index (κ2) is 29.1. The summed E-state index contributed by atoms with van der Waals surface area (Å²) in [4.78, 5) is 25.0. The molecule has 0 radical (unpaired) electrons. The Morgan fingerprint density at radius 3 is 1.87 bits per heavy atom. The summed E-state index contributed by atoms with van der Waals surface area (Å²) in [6.45, 7) is 4.58. The standard InChI is InChI=1S/C36H71N2O6P/c1-6-8-10-12-13-14-15-16-17-18-19-20-21-22-23-24-26-28-30-36(40)37-34(35(39)29-27-25-11-9-7-2)33-44-45(41,42)43-32-31-38(3,4)5/h14-15,17-18,34-35,39H,6-13,16,19-33H2,1-5H3,(H-,37,40,41,42)/b15-14-,18-17-. The molecule has 45 heavy (non-hydrogen) atoms. The van der Waals surface area contributed by atoms with E-state index in [0.717, 1.165) is 64.2 Å². The lowest BCUT2D eigenvalue weighted by atomic mass is 10.0. The summed E-state index contributed by atoms with van der Waals surface area (Å²) in [6.07, 6.45) is 30.7. The fraction of sp³-hybridized carbons (Fsp3) is 0.861. The zero-order valence-electron chi connectivity index (χ0n) is 29.8. The number of amides is 1. The fourth-order valence-corrected chi connectivity index (χ4v) is 5.67. The molecule has 1 amide bonds. The van der Waals surface area contributed by atoms with Crippen molar-refractivity contribution in [1.82, 2.24) is 5.32 Å². The molecule has 9 heteroatoms. The second-order valence-electron chi connectivity index (χ2n) is 13.6. The summed E-state index contributed by atoms with van der Waals surface area (Å²) < 4.78 is 23.0. The van der Waals surface area contributed by atoms with Gasteiger partial charge in [0.2, 0.25) is 5.91 Å². The van der Waals surface area contributed by atoms with Crippen molar-refractivity contribution < 1.29 is 32.9 Å². The van der Waals surface area contributed by atoms with E-state index in [2.05, 4.69) is 43.5 Å². The van der Waals surface area contributed by atoms with Crippen LogP contribution in [0.15, 0.2) is 24.3 Å². The SMILES string of the molecule is CCCCCC/C=C\C/C=C\CCCCCCCCCC(=O)NC(COP(=O)([O-])OCC[N+](C)(C)C)C(O)CCCCCCC. The molecule has 0 aliphatic heterocycles. The van der Waals surface area contributed by atoms with Gasteiger partial charge in [0, 0.05) is 6.42 Å². The first kappa shape index (κ1) is 44.0. The molecular formula is C36H71N2O6P. The van der Waals surface area contributed by atoms with Crippen molar-refractivity contribution in [2.75, 3.05) is 40.9 Å². The zero-order chi connectivity index (χ0) is 33.7. The first-order chi connectivity index (χ1) is 21.5. The summed E-state index contributed by atoms with van der Waals surface area (Å²) in [5.41, 5.74) is 0. The van der Waals surface area contributed by atoms with Crippen LogP contribution in [0, 0.1) is 0 Å². The Hall–Kier alpha value is -1.02. The van der Waals surface area contributed by atoms with Crippen LogP contribution in [0.2, 0.25) is 0 Å². The lowest BCUT2D eigenvalue weighted by molar-refractivity contribution is -0.870. The van der Waals surface area contributed by atoms with Crippen LogP contribution in [0.1, 0.15) is 149 Å². The van der Waals surface area contributed by atoms with Crippen LogP contribution in [0.3, 0.4) is 0 Å². The van der Waals surface area contributed by atoms with Crippen LogP contribution < -0.4 is 10.2 Å². The highest BCUT2D eigenvalue weighted by Crippen LogP contribution is 2.38. The van der Waals surface area contributed by atoms with Gasteiger partial charge in [-0.3, -0.25) is 9.36 Å². The van der Waals surface area contributed by atoms with Crippen molar-refractivity contribution >= 4 is 13.7 Å². The van der Waals surface area contributed by atoms with Crippen LogP contribution in [0.4, 0.5) is 0 Å². The molecule has 0 aromatic carbocycles. The van der Waals surface area contributed by atoms with Gasteiger partial charge >= 0.3 is 0 Å². The van der Waals surface area contributed by atoms with E-state index in [-0.39, 0.29) is 19.1 Å². The largest absolute Gasteiger partial charge is 0.756 e. The predicted octanol–water partition coefficient (Wildman–Crippen LogP) is 8.38. The number of hydrogen-bond donors (Lipinski definition) is 2. The molecule has 266 valence electrons. The highest BCUT2D eigenvalue weighted by atomic mass is 31.2. The quantitative estimate of drug-likeness (QED) is 0.0325. The molecule has 0 aliphatic rings. The molecule has 0 heterocycles. The Kier molecular flexibility index (Phi) is 28.5. The first-order valence-corrected chi connectivity index (χ1v) is 19.6. The monoisotopic (exact) mass is 659 g/mol. The third-order valence-electron chi connectivity index (χ3n) is 7.94. The van der Waals surface area contributed by atoms with E-state index in [9.17, 15) is 19.4 Å². The smallest absolute Gasteiger partial charge is 0.268 e. The number of rotatable bonds is 32. The van der Waals surface area contributed by atoms with Crippen LogP contribution in [0.25, 0.3) is 0 Å². The predicted molar refractivity (Wildman–Crippen MR) is 187 cm³/mol. The van der Waals surface area contributed by atoms with Gasteiger partial charge in [0.15, 0.2) is 0 Å². The average molecular weight is 659 g/mol. The van der Waals surface area contributed by atoms with Gasteiger partial charge in [-0.05, 0) is 44.9 Å². The molecule has 0 aromatic heterocycles. The molecule has 3 atom stereocenters. The van der Waals surface area contributed by atoms with Gasteiger partial charge in [0.25, 0.3) is 7.82 Å². The van der Waals surface area contributed by atoms with Crippen molar-refractivity contribution in [3.05, 3.63) is 24.3 Å². The maximum Gasteiger partial charge on any atom is 0.268 e. The summed E-state index contributed by atoms with van der Waals surface area (Å²) in [5, 5.41) is 13.6. The first-order valence-electron chi connectivity index (χ1n) is 18.2. The molecule has 0 saturated heterocycles. The maximum absolute atomic E-state index is 12.7. The number of quaternary nitrogens is 1. The van der Waals surface area contributed by atoms with Crippen molar-refractivity contribution in [3.63, 3.8) is 0 Å². The van der Waals surface area contributed by atoms with E-state index in [4.69, 9.17) is 9.05 Å². The Morgan fingerprint density at radius 1 is 0.778 bits per heavy atom. The molecule has 0 bridgehead atoms. The van der Waals surface area contributed by atoms with Crippen molar-refractivity contribution in [3.8, 4) is 0 Å². The maximum atomic E-state index is 12.7. The number of likely N-dealkylation sites (N-methyl/N-ethyl adjacent to an activating group) is 1. The topological polar surface area (TPSA) is 108 Å². The number of allylic oxidation sites excluding steroid dienone is 4. The summed E-state index contributed by atoms with van der Waals surface area (Å²) in [6, 6.07) is -0.798. The second-order valence-corrected chi connectivity index (χ2v) is 15.0. The van der Waals surface area contributed by atoms with Crippen LogP contribution in [-0.2, 0) is 18.4 Å².